The fourth-order valence-electron chi connectivity index (χ4n) is 2.05. The average Bonchev–Trinajstić information content (AvgIpc) is 3.18. The van der Waals surface area contributed by atoms with Gasteiger partial charge in [-0.25, -0.2) is 0 Å². The van der Waals surface area contributed by atoms with E-state index in [1.54, 1.807) is 19.2 Å². The van der Waals surface area contributed by atoms with Gasteiger partial charge in [-0.1, -0.05) is 12.1 Å². The second kappa shape index (κ2) is 5.72. The van der Waals surface area contributed by atoms with E-state index in [9.17, 15) is 9.59 Å². The minimum atomic E-state index is -0.694. The molecule has 0 fully saturated rings. The molecule has 0 saturated carbocycles. The lowest BCUT2D eigenvalue weighted by Crippen LogP contribution is -2.41. The Bertz CT molecular complexity index is 807. The van der Waals surface area contributed by atoms with E-state index in [1.165, 1.54) is 18.6 Å². The summed E-state index contributed by atoms with van der Waals surface area (Å²) < 4.78 is 4.84. The molecular formula is C15H14N4O3. The molecule has 3 rings (SSSR count). The quantitative estimate of drug-likeness (QED) is 0.685. The Morgan fingerprint density at radius 3 is 2.95 bits per heavy atom. The molecule has 0 spiro atoms. The summed E-state index contributed by atoms with van der Waals surface area (Å²) >= 11 is 0. The number of H-pyrrole nitrogens is 1. The first-order valence-corrected chi connectivity index (χ1v) is 6.71. The van der Waals surface area contributed by atoms with Crippen molar-refractivity contribution in [3.05, 3.63) is 48.6 Å². The number of furan rings is 1. The van der Waals surface area contributed by atoms with Gasteiger partial charge in [0.15, 0.2) is 0 Å². The summed E-state index contributed by atoms with van der Waals surface area (Å²) in [5, 5.41) is 13.0. The molecule has 0 bridgehead atoms. The van der Waals surface area contributed by atoms with E-state index >= 15 is 0 Å². The smallest absolute Gasteiger partial charge is 0.255 e. The highest BCUT2D eigenvalue weighted by Crippen LogP contribution is 2.20. The Morgan fingerprint density at radius 2 is 2.18 bits per heavy atom. The van der Waals surface area contributed by atoms with Crippen LogP contribution >= 0.6 is 0 Å². The van der Waals surface area contributed by atoms with Crippen LogP contribution in [0.2, 0.25) is 0 Å². The molecule has 2 amide bonds. The molecule has 0 unspecified atom stereocenters. The number of anilines is 1. The zero-order chi connectivity index (χ0) is 15.5. The van der Waals surface area contributed by atoms with Gasteiger partial charge in [-0.15, -0.1) is 0 Å². The van der Waals surface area contributed by atoms with Gasteiger partial charge in [-0.3, -0.25) is 14.7 Å². The van der Waals surface area contributed by atoms with Crippen LogP contribution in [0.4, 0.5) is 5.69 Å². The Kier molecular flexibility index (Phi) is 3.61. The maximum atomic E-state index is 12.2. The summed E-state index contributed by atoms with van der Waals surface area (Å²) in [4.78, 5) is 24.1. The highest BCUT2D eigenvalue weighted by Gasteiger charge is 2.18. The van der Waals surface area contributed by atoms with Crippen LogP contribution in [-0.2, 0) is 4.79 Å². The number of nitrogens with one attached hydrogen (secondary N) is 3. The summed E-state index contributed by atoms with van der Waals surface area (Å²) in [6, 6.07) is 6.32. The number of carbonyl (C=O) groups excluding carboxylic acids is 2. The van der Waals surface area contributed by atoms with E-state index in [2.05, 4.69) is 20.8 Å². The van der Waals surface area contributed by atoms with Gasteiger partial charge in [0.2, 0.25) is 5.91 Å². The van der Waals surface area contributed by atoms with Crippen molar-refractivity contribution in [2.75, 3.05) is 5.32 Å². The largest absolute Gasteiger partial charge is 0.472 e. The molecule has 7 heteroatoms. The van der Waals surface area contributed by atoms with Crippen molar-refractivity contribution >= 4 is 28.4 Å². The van der Waals surface area contributed by atoms with E-state index in [0.29, 0.717) is 11.3 Å². The molecule has 3 N–H and O–H groups in total. The Morgan fingerprint density at radius 1 is 1.32 bits per heavy atom. The summed E-state index contributed by atoms with van der Waals surface area (Å²) in [5.74, 6) is -0.685. The first-order valence-electron chi connectivity index (χ1n) is 6.71. The highest BCUT2D eigenvalue weighted by molar-refractivity contribution is 6.04. The van der Waals surface area contributed by atoms with Crippen molar-refractivity contribution < 1.29 is 14.0 Å². The Hall–Kier alpha value is -3.09. The predicted octanol–water partition coefficient (Wildman–Crippen LogP) is 1.91. The second-order valence-corrected chi connectivity index (χ2v) is 4.84. The maximum Gasteiger partial charge on any atom is 0.255 e. The van der Waals surface area contributed by atoms with Crippen molar-refractivity contribution in [1.29, 1.82) is 0 Å². The van der Waals surface area contributed by atoms with Crippen LogP contribution in [0.5, 0.6) is 0 Å². The standard InChI is InChI=1S/C15H14N4O3/c1-9(17-15(21)11-5-6-22-8-11)14(20)18-12-4-2-3-10-7-16-19-13(10)12/h2-9H,1H3,(H,16,19)(H,17,21)(H,18,20)/t9-/m1/s1. The van der Waals surface area contributed by atoms with E-state index in [-0.39, 0.29) is 11.8 Å². The fourth-order valence-corrected chi connectivity index (χ4v) is 2.05. The molecular weight excluding hydrogens is 284 g/mol. The highest BCUT2D eigenvalue weighted by atomic mass is 16.3. The molecule has 22 heavy (non-hydrogen) atoms. The number of fused-ring (bicyclic) bond motifs is 1. The molecule has 0 radical (unpaired) electrons. The summed E-state index contributed by atoms with van der Waals surface area (Å²) in [5.41, 5.74) is 1.73. The van der Waals surface area contributed by atoms with E-state index in [1.807, 2.05) is 12.1 Å². The third-order valence-corrected chi connectivity index (χ3v) is 3.26. The number of carbonyl (C=O) groups is 2. The average molecular weight is 298 g/mol. The lowest BCUT2D eigenvalue weighted by Gasteiger charge is -2.14. The van der Waals surface area contributed by atoms with Crippen LogP contribution < -0.4 is 10.6 Å². The topological polar surface area (TPSA) is 100 Å². The molecule has 0 aliphatic rings. The molecule has 0 aliphatic heterocycles. The first-order chi connectivity index (χ1) is 10.6. The van der Waals surface area contributed by atoms with Gasteiger partial charge in [0.05, 0.1) is 29.2 Å². The summed E-state index contributed by atoms with van der Waals surface area (Å²) in [6.07, 6.45) is 4.40. The van der Waals surface area contributed by atoms with Crippen LogP contribution in [0.1, 0.15) is 17.3 Å². The van der Waals surface area contributed by atoms with Crippen molar-refractivity contribution in [2.24, 2.45) is 0 Å². The number of rotatable bonds is 4. The molecule has 1 aromatic carbocycles. The van der Waals surface area contributed by atoms with Crippen LogP contribution in [0, 0.1) is 0 Å². The number of aromatic amines is 1. The number of nitrogens with zero attached hydrogens (tertiary/aromatic N) is 1. The van der Waals surface area contributed by atoms with Crippen LogP contribution in [0.15, 0.2) is 47.4 Å². The number of hydrogen-bond acceptors (Lipinski definition) is 4. The zero-order valence-electron chi connectivity index (χ0n) is 11.8. The SMILES string of the molecule is C[C@@H](NC(=O)c1ccoc1)C(=O)Nc1cccc2cn[nH]c12. The molecule has 1 atom stereocenters. The summed E-state index contributed by atoms with van der Waals surface area (Å²) in [7, 11) is 0. The van der Waals surface area contributed by atoms with Gasteiger partial charge in [0.1, 0.15) is 12.3 Å². The predicted molar refractivity (Wildman–Crippen MR) is 80.4 cm³/mol. The van der Waals surface area contributed by atoms with Gasteiger partial charge < -0.3 is 15.1 Å². The number of hydrogen-bond donors (Lipinski definition) is 3. The number of amides is 2. The molecule has 112 valence electrons. The Balaban J connectivity index is 1.69. The Labute approximate surface area is 125 Å². The lowest BCUT2D eigenvalue weighted by atomic mass is 10.2. The van der Waals surface area contributed by atoms with Gasteiger partial charge >= 0.3 is 0 Å². The van der Waals surface area contributed by atoms with E-state index in [4.69, 9.17) is 4.42 Å². The van der Waals surface area contributed by atoms with E-state index < -0.39 is 6.04 Å². The minimum Gasteiger partial charge on any atom is -0.472 e. The molecule has 3 aromatic rings. The zero-order valence-corrected chi connectivity index (χ0v) is 11.8. The lowest BCUT2D eigenvalue weighted by molar-refractivity contribution is -0.117. The minimum absolute atomic E-state index is 0.320. The molecule has 0 aliphatic carbocycles. The van der Waals surface area contributed by atoms with Gasteiger partial charge in [0.25, 0.3) is 5.91 Å². The van der Waals surface area contributed by atoms with Crippen LogP contribution in [-0.4, -0.2) is 28.1 Å². The molecule has 7 nitrogen and oxygen atoms in total. The van der Waals surface area contributed by atoms with Crippen molar-refractivity contribution in [1.82, 2.24) is 15.5 Å². The van der Waals surface area contributed by atoms with Crippen LogP contribution in [0.25, 0.3) is 10.9 Å². The first kappa shape index (κ1) is 13.9. The third kappa shape index (κ3) is 2.69. The number of aromatic nitrogens is 2. The monoisotopic (exact) mass is 298 g/mol. The van der Waals surface area contributed by atoms with E-state index in [0.717, 1.165) is 10.9 Å². The van der Waals surface area contributed by atoms with Crippen molar-refractivity contribution in [3.63, 3.8) is 0 Å². The molecule has 2 heterocycles. The van der Waals surface area contributed by atoms with Gasteiger partial charge in [-0.05, 0) is 19.1 Å². The molecule has 2 aromatic heterocycles. The maximum absolute atomic E-state index is 12.2. The van der Waals surface area contributed by atoms with Crippen LogP contribution in [0.3, 0.4) is 0 Å². The third-order valence-electron chi connectivity index (χ3n) is 3.26. The van der Waals surface area contributed by atoms with Gasteiger partial charge in [-0.2, -0.15) is 5.10 Å². The van der Waals surface area contributed by atoms with Gasteiger partial charge in [0, 0.05) is 5.39 Å². The molecule has 0 saturated heterocycles. The second-order valence-electron chi connectivity index (χ2n) is 4.84. The number of benzene rings is 1. The number of para-hydroxylation sites is 1. The normalized spacial score (nSPS) is 12.0. The summed E-state index contributed by atoms with van der Waals surface area (Å²) in [6.45, 7) is 1.61. The fraction of sp³-hybridized carbons (Fsp3) is 0.133. The van der Waals surface area contributed by atoms with Crippen molar-refractivity contribution in [2.45, 2.75) is 13.0 Å². The van der Waals surface area contributed by atoms with Crippen molar-refractivity contribution in [3.8, 4) is 0 Å².